The van der Waals surface area contributed by atoms with E-state index in [1.54, 1.807) is 6.20 Å². The van der Waals surface area contributed by atoms with Gasteiger partial charge in [-0.1, -0.05) is 24.3 Å². The second-order valence-corrected chi connectivity index (χ2v) is 7.74. The Hall–Kier alpha value is -3.15. The molecule has 3 aromatic rings. The highest BCUT2D eigenvalue weighted by atomic mass is 16.5. The summed E-state index contributed by atoms with van der Waals surface area (Å²) in [5.74, 6) is -0.391. The molecule has 4 rings (SSSR count). The van der Waals surface area contributed by atoms with Crippen molar-refractivity contribution in [2.24, 2.45) is 0 Å². The fourth-order valence-corrected chi connectivity index (χ4v) is 3.95. The van der Waals surface area contributed by atoms with Crippen LogP contribution in [-0.4, -0.2) is 33.8 Å². The second-order valence-electron chi connectivity index (χ2n) is 7.74. The van der Waals surface area contributed by atoms with Crippen molar-refractivity contribution in [1.82, 2.24) is 15.3 Å². The number of carbonyl (C=O) groups is 2. The normalized spacial score (nSPS) is 19.1. The lowest BCUT2D eigenvalue weighted by atomic mass is 9.92. The Kier molecular flexibility index (Phi) is 5.34. The van der Waals surface area contributed by atoms with E-state index in [9.17, 15) is 9.59 Å². The van der Waals surface area contributed by atoms with Crippen molar-refractivity contribution in [3.05, 3.63) is 59.4 Å². The molecule has 0 radical (unpaired) electrons. The van der Waals surface area contributed by atoms with Crippen LogP contribution in [0.25, 0.3) is 10.9 Å². The maximum absolute atomic E-state index is 12.8. The monoisotopic (exact) mass is 391 g/mol. The highest BCUT2D eigenvalue weighted by Crippen LogP contribution is 2.25. The molecule has 0 saturated heterocycles. The molecule has 6 heteroatoms. The van der Waals surface area contributed by atoms with Crippen molar-refractivity contribution in [3.63, 3.8) is 0 Å². The third-order valence-corrected chi connectivity index (χ3v) is 5.51. The van der Waals surface area contributed by atoms with Gasteiger partial charge in [0.2, 0.25) is 5.88 Å². The van der Waals surface area contributed by atoms with Crippen molar-refractivity contribution in [1.29, 1.82) is 0 Å². The summed E-state index contributed by atoms with van der Waals surface area (Å²) in [5, 5.41) is 3.70. The largest absolute Gasteiger partial charge is 0.474 e. The SMILES string of the molecule is Cc1ccc(OC2CCC(NC(=O)C(=O)c3c(C)[nH]c4ccccc34)CC2)nc1. The average molecular weight is 391 g/mol. The minimum Gasteiger partial charge on any atom is -0.474 e. The number of aromatic amines is 1. The predicted octanol–water partition coefficient (Wildman–Crippen LogP) is 3.87. The summed E-state index contributed by atoms with van der Waals surface area (Å²) < 4.78 is 5.94. The van der Waals surface area contributed by atoms with E-state index in [4.69, 9.17) is 4.74 Å². The van der Waals surface area contributed by atoms with Gasteiger partial charge in [-0.25, -0.2) is 4.98 Å². The number of para-hydroxylation sites is 1. The number of nitrogens with zero attached hydrogens (tertiary/aromatic N) is 1. The molecule has 6 nitrogen and oxygen atoms in total. The van der Waals surface area contributed by atoms with E-state index < -0.39 is 11.7 Å². The number of nitrogens with one attached hydrogen (secondary N) is 2. The summed E-state index contributed by atoms with van der Waals surface area (Å²) in [7, 11) is 0. The molecule has 1 amide bonds. The topological polar surface area (TPSA) is 84.1 Å². The Morgan fingerprint density at radius 2 is 1.83 bits per heavy atom. The van der Waals surface area contributed by atoms with Crippen LogP contribution < -0.4 is 10.1 Å². The molecule has 1 aromatic carbocycles. The first kappa shape index (κ1) is 19.2. The average Bonchev–Trinajstić information content (AvgIpc) is 3.06. The zero-order valence-electron chi connectivity index (χ0n) is 16.7. The van der Waals surface area contributed by atoms with Gasteiger partial charge in [-0.2, -0.15) is 0 Å². The molecule has 1 saturated carbocycles. The number of pyridine rings is 1. The Balaban J connectivity index is 1.34. The van der Waals surface area contributed by atoms with E-state index >= 15 is 0 Å². The zero-order chi connectivity index (χ0) is 20.4. The number of hydrogen-bond donors (Lipinski definition) is 2. The van der Waals surface area contributed by atoms with E-state index in [1.165, 1.54) is 0 Å². The van der Waals surface area contributed by atoms with Gasteiger partial charge >= 0.3 is 0 Å². The smallest absolute Gasteiger partial charge is 0.292 e. The number of ketones is 1. The number of aromatic nitrogens is 2. The number of benzene rings is 1. The van der Waals surface area contributed by atoms with Crippen LogP contribution in [0.2, 0.25) is 0 Å². The van der Waals surface area contributed by atoms with Crippen LogP contribution in [0.4, 0.5) is 0 Å². The number of ether oxygens (including phenoxy) is 1. The minimum atomic E-state index is -0.539. The first-order chi connectivity index (χ1) is 14.0. The molecule has 0 spiro atoms. The van der Waals surface area contributed by atoms with E-state index in [0.717, 1.165) is 42.1 Å². The zero-order valence-corrected chi connectivity index (χ0v) is 16.7. The van der Waals surface area contributed by atoms with Gasteiger partial charge in [0.15, 0.2) is 0 Å². The summed E-state index contributed by atoms with van der Waals surface area (Å²) in [6.45, 7) is 3.81. The Labute approximate surface area is 169 Å². The Bertz CT molecular complexity index is 1030. The molecular weight excluding hydrogens is 366 g/mol. The molecule has 2 heterocycles. The van der Waals surface area contributed by atoms with Gasteiger partial charge in [-0.05, 0) is 51.2 Å². The van der Waals surface area contributed by atoms with Gasteiger partial charge in [-0.3, -0.25) is 9.59 Å². The maximum Gasteiger partial charge on any atom is 0.292 e. The summed E-state index contributed by atoms with van der Waals surface area (Å²) in [6.07, 6.45) is 5.08. The van der Waals surface area contributed by atoms with Crippen LogP contribution in [0, 0.1) is 13.8 Å². The number of carbonyl (C=O) groups excluding carboxylic acids is 2. The number of hydrogen-bond acceptors (Lipinski definition) is 4. The van der Waals surface area contributed by atoms with Crippen molar-refractivity contribution in [2.45, 2.75) is 51.7 Å². The van der Waals surface area contributed by atoms with Gasteiger partial charge in [0.1, 0.15) is 6.10 Å². The number of Topliss-reactive ketones (excluding diaryl/α,β-unsaturated/α-hetero) is 1. The van der Waals surface area contributed by atoms with Gasteiger partial charge in [0.05, 0.1) is 5.56 Å². The van der Waals surface area contributed by atoms with E-state index in [-0.39, 0.29) is 12.1 Å². The van der Waals surface area contributed by atoms with Crippen LogP contribution in [0.1, 0.15) is 47.3 Å². The minimum absolute atomic E-state index is 0.0113. The molecular formula is C23H25N3O3. The quantitative estimate of drug-likeness (QED) is 0.511. The fraction of sp³-hybridized carbons (Fsp3) is 0.348. The van der Waals surface area contributed by atoms with Crippen LogP contribution in [0.15, 0.2) is 42.6 Å². The molecule has 1 aliphatic rings. The molecule has 1 aliphatic carbocycles. The Morgan fingerprint density at radius 1 is 1.07 bits per heavy atom. The third-order valence-electron chi connectivity index (χ3n) is 5.51. The molecule has 150 valence electrons. The van der Waals surface area contributed by atoms with Crippen LogP contribution >= 0.6 is 0 Å². The molecule has 0 atom stereocenters. The van der Waals surface area contributed by atoms with Crippen molar-refractivity contribution >= 4 is 22.6 Å². The van der Waals surface area contributed by atoms with Gasteiger partial charge in [0, 0.05) is 34.9 Å². The highest BCUT2D eigenvalue weighted by molar-refractivity contribution is 6.45. The molecule has 0 aliphatic heterocycles. The lowest BCUT2D eigenvalue weighted by Crippen LogP contribution is -2.42. The number of H-pyrrole nitrogens is 1. The predicted molar refractivity (Wildman–Crippen MR) is 111 cm³/mol. The third kappa shape index (κ3) is 4.16. The first-order valence-electron chi connectivity index (χ1n) is 10.0. The number of rotatable bonds is 5. The molecule has 0 bridgehead atoms. The van der Waals surface area contributed by atoms with Crippen molar-refractivity contribution in [3.8, 4) is 5.88 Å². The molecule has 1 fully saturated rings. The highest BCUT2D eigenvalue weighted by Gasteiger charge is 2.28. The van der Waals surface area contributed by atoms with E-state index in [1.807, 2.05) is 50.2 Å². The second kappa shape index (κ2) is 8.07. The molecule has 29 heavy (non-hydrogen) atoms. The standard InChI is InChI=1S/C23H25N3O3/c1-14-7-12-20(24-13-14)29-17-10-8-16(9-11-17)26-23(28)22(27)21-15(2)25-19-6-4-3-5-18(19)21/h3-7,12-13,16-17,25H,8-11H2,1-2H3,(H,26,28). The maximum atomic E-state index is 12.8. The number of amides is 1. The molecule has 2 aromatic heterocycles. The van der Waals surface area contributed by atoms with Crippen molar-refractivity contribution in [2.75, 3.05) is 0 Å². The van der Waals surface area contributed by atoms with E-state index in [0.29, 0.717) is 17.1 Å². The van der Waals surface area contributed by atoms with Gasteiger partial charge in [-0.15, -0.1) is 0 Å². The fourth-order valence-electron chi connectivity index (χ4n) is 3.95. The van der Waals surface area contributed by atoms with Gasteiger partial charge < -0.3 is 15.0 Å². The van der Waals surface area contributed by atoms with Crippen LogP contribution in [0.5, 0.6) is 5.88 Å². The first-order valence-corrected chi connectivity index (χ1v) is 10.0. The summed E-state index contributed by atoms with van der Waals surface area (Å²) in [5.41, 5.74) is 3.14. The lowest BCUT2D eigenvalue weighted by Gasteiger charge is -2.29. The summed E-state index contributed by atoms with van der Waals surface area (Å²) >= 11 is 0. The summed E-state index contributed by atoms with van der Waals surface area (Å²) in [4.78, 5) is 32.8. The lowest BCUT2D eigenvalue weighted by molar-refractivity contribution is -0.118. The molecule has 2 N–H and O–H groups in total. The van der Waals surface area contributed by atoms with Crippen LogP contribution in [0.3, 0.4) is 0 Å². The summed E-state index contributed by atoms with van der Waals surface area (Å²) in [6, 6.07) is 11.4. The van der Waals surface area contributed by atoms with Crippen molar-refractivity contribution < 1.29 is 14.3 Å². The van der Waals surface area contributed by atoms with E-state index in [2.05, 4.69) is 15.3 Å². The van der Waals surface area contributed by atoms with Gasteiger partial charge in [0.25, 0.3) is 11.7 Å². The Morgan fingerprint density at radius 3 is 2.55 bits per heavy atom. The number of aryl methyl sites for hydroxylation is 2. The number of fused-ring (bicyclic) bond motifs is 1. The van der Waals surface area contributed by atoms with Crippen LogP contribution in [-0.2, 0) is 4.79 Å². The molecule has 0 unspecified atom stereocenters.